The summed E-state index contributed by atoms with van der Waals surface area (Å²) in [5.74, 6) is -3.26. The molecule has 1 aromatic heterocycles. The summed E-state index contributed by atoms with van der Waals surface area (Å²) in [5, 5.41) is 56.5. The highest BCUT2D eigenvalue weighted by Gasteiger charge is 2.22. The number of hydrogen-bond acceptors (Lipinski definition) is 17. The van der Waals surface area contributed by atoms with E-state index >= 15 is 0 Å². The molecule has 0 saturated heterocycles. The first-order valence-electron chi connectivity index (χ1n) is 15.7. The fourth-order valence-corrected chi connectivity index (χ4v) is 7.90. The number of aromatic nitrogens is 2. The fraction of sp³-hybridized carbons (Fsp3) is 0. The average Bonchev–Trinajstić information content (AvgIpc) is 3.14. The summed E-state index contributed by atoms with van der Waals surface area (Å²) < 4.78 is 101. The molecule has 288 valence electrons. The number of benzene rings is 6. The average molecular weight is 831 g/mol. The lowest BCUT2D eigenvalue weighted by Gasteiger charge is -2.09. The molecule has 0 bridgehead atoms. The standard InChI is InChI=1S/C34H22N8O12S3/c43-23-13-26(55(46,47)48)17-7-1-4-10-20(17)31(23)39-37-29-16-30(38-40-32-21-11-5-2-8-18(21)27(14-24(32)44)56(49,50)51)36-34(35-29)42-41-33-22-12-6-3-9-19(22)28(15-25(33)45)57(52,53)54/h1-16,43-45H,(H,46,47,48)(H,49,50,51)(H,52,53,54). The first-order valence-corrected chi connectivity index (χ1v) is 20.0. The highest BCUT2D eigenvalue weighted by molar-refractivity contribution is 7.86. The predicted molar refractivity (Wildman–Crippen MR) is 201 cm³/mol. The molecule has 0 aliphatic heterocycles. The molecule has 6 aromatic carbocycles. The lowest BCUT2D eigenvalue weighted by atomic mass is 10.1. The van der Waals surface area contributed by atoms with Crippen LogP contribution in [0.1, 0.15) is 0 Å². The van der Waals surface area contributed by atoms with Crippen molar-refractivity contribution < 1.29 is 54.2 Å². The zero-order valence-corrected chi connectivity index (χ0v) is 30.6. The Kier molecular flexibility index (Phi) is 9.64. The smallest absolute Gasteiger partial charge is 0.295 e. The summed E-state index contributed by atoms with van der Waals surface area (Å²) in [6, 6.07) is 20.7. The van der Waals surface area contributed by atoms with Gasteiger partial charge in [-0.05, 0) is 0 Å². The molecule has 0 spiro atoms. The van der Waals surface area contributed by atoms with Crippen molar-refractivity contribution in [2.24, 2.45) is 30.7 Å². The van der Waals surface area contributed by atoms with Gasteiger partial charge in [0, 0.05) is 56.6 Å². The molecule has 7 aromatic rings. The molecule has 0 radical (unpaired) electrons. The Bertz CT molecular complexity index is 2910. The lowest BCUT2D eigenvalue weighted by molar-refractivity contribution is 0.468. The van der Waals surface area contributed by atoms with Crippen LogP contribution >= 0.6 is 0 Å². The molecule has 20 nitrogen and oxygen atoms in total. The quantitative estimate of drug-likeness (QED) is 0.0592. The van der Waals surface area contributed by atoms with Gasteiger partial charge in [-0.25, -0.2) is 0 Å². The maximum Gasteiger partial charge on any atom is 0.295 e. The molecule has 0 atom stereocenters. The second-order valence-corrected chi connectivity index (χ2v) is 15.9. The van der Waals surface area contributed by atoms with Crippen molar-refractivity contribution in [2.45, 2.75) is 14.7 Å². The summed E-state index contributed by atoms with van der Waals surface area (Å²) in [6.07, 6.45) is 0. The van der Waals surface area contributed by atoms with E-state index in [9.17, 15) is 54.2 Å². The number of rotatable bonds is 9. The van der Waals surface area contributed by atoms with Gasteiger partial charge in [0.2, 0.25) is 0 Å². The third-order valence-corrected chi connectivity index (χ3v) is 10.8. The van der Waals surface area contributed by atoms with Crippen molar-refractivity contribution in [1.29, 1.82) is 0 Å². The molecule has 0 aliphatic rings. The highest BCUT2D eigenvalue weighted by Crippen LogP contribution is 2.43. The zero-order chi connectivity index (χ0) is 40.9. The summed E-state index contributed by atoms with van der Waals surface area (Å²) in [4.78, 5) is 6.50. The first kappa shape index (κ1) is 38.4. The molecular weight excluding hydrogens is 809 g/mol. The number of azo groups is 3. The van der Waals surface area contributed by atoms with Crippen LogP contribution in [0, 0.1) is 0 Å². The number of phenolic OH excluding ortho intramolecular Hbond substituents is 3. The van der Waals surface area contributed by atoms with Gasteiger partial charge >= 0.3 is 0 Å². The van der Waals surface area contributed by atoms with E-state index in [-0.39, 0.29) is 61.0 Å². The van der Waals surface area contributed by atoms with Gasteiger partial charge in [0.05, 0.1) is 0 Å². The molecule has 57 heavy (non-hydrogen) atoms. The molecule has 0 saturated carbocycles. The molecule has 7 rings (SSSR count). The van der Waals surface area contributed by atoms with E-state index in [0.29, 0.717) is 0 Å². The normalized spacial score (nSPS) is 12.9. The van der Waals surface area contributed by atoms with Crippen molar-refractivity contribution in [3.8, 4) is 17.2 Å². The van der Waals surface area contributed by atoms with Gasteiger partial charge in [-0.1, -0.05) is 72.8 Å². The fourth-order valence-electron chi connectivity index (χ4n) is 5.75. The maximum atomic E-state index is 12.0. The van der Waals surface area contributed by atoms with Crippen molar-refractivity contribution in [2.75, 3.05) is 0 Å². The Balaban J connectivity index is 1.38. The minimum absolute atomic E-state index is 0.00230. The monoisotopic (exact) mass is 830 g/mol. The van der Waals surface area contributed by atoms with Gasteiger partial charge in [0.1, 0.15) is 49.0 Å². The predicted octanol–water partition coefficient (Wildman–Crippen LogP) is 8.04. The van der Waals surface area contributed by atoms with Crippen LogP contribution in [-0.4, -0.2) is 64.2 Å². The number of aromatic hydroxyl groups is 3. The van der Waals surface area contributed by atoms with Crippen molar-refractivity contribution >= 4 is 97.3 Å². The van der Waals surface area contributed by atoms with E-state index in [0.717, 1.165) is 24.3 Å². The first-order chi connectivity index (χ1) is 26.9. The maximum absolute atomic E-state index is 12.0. The van der Waals surface area contributed by atoms with Crippen LogP contribution in [0.15, 0.2) is 142 Å². The van der Waals surface area contributed by atoms with Crippen LogP contribution in [-0.2, 0) is 30.4 Å². The molecule has 0 aliphatic carbocycles. The second kappa shape index (κ2) is 14.3. The molecule has 0 amide bonds. The van der Waals surface area contributed by atoms with Crippen LogP contribution in [0.3, 0.4) is 0 Å². The van der Waals surface area contributed by atoms with Crippen molar-refractivity contribution in [1.82, 2.24) is 9.97 Å². The third kappa shape index (κ3) is 7.68. The van der Waals surface area contributed by atoms with Gasteiger partial charge in [-0.15, -0.1) is 30.7 Å². The summed E-state index contributed by atoms with van der Waals surface area (Å²) in [6.45, 7) is 0. The van der Waals surface area contributed by atoms with Crippen LogP contribution in [0.25, 0.3) is 32.3 Å². The molecule has 0 fully saturated rings. The van der Waals surface area contributed by atoms with Gasteiger partial charge in [0.25, 0.3) is 36.3 Å². The van der Waals surface area contributed by atoms with Gasteiger partial charge in [0.15, 0.2) is 11.6 Å². The third-order valence-electron chi connectivity index (χ3n) is 8.14. The summed E-state index contributed by atoms with van der Waals surface area (Å²) in [5.41, 5.74) is -0.746. The molecule has 0 unspecified atom stereocenters. The van der Waals surface area contributed by atoms with Crippen LogP contribution in [0.5, 0.6) is 17.2 Å². The highest BCUT2D eigenvalue weighted by atomic mass is 32.2. The molecule has 6 N–H and O–H groups in total. The van der Waals surface area contributed by atoms with Crippen LogP contribution in [0.4, 0.5) is 34.6 Å². The molecule has 23 heteroatoms. The number of fused-ring (bicyclic) bond motifs is 3. The summed E-state index contributed by atoms with van der Waals surface area (Å²) in [7, 11) is -14.3. The van der Waals surface area contributed by atoms with Gasteiger partial charge in [-0.3, -0.25) is 13.7 Å². The minimum Gasteiger partial charge on any atom is -0.506 e. The van der Waals surface area contributed by atoms with Crippen LogP contribution in [0.2, 0.25) is 0 Å². The van der Waals surface area contributed by atoms with E-state index in [1.165, 1.54) is 72.8 Å². The molecule has 1 heterocycles. The van der Waals surface area contributed by atoms with Crippen molar-refractivity contribution in [3.05, 3.63) is 97.1 Å². The van der Waals surface area contributed by atoms with Gasteiger partial charge < -0.3 is 15.3 Å². The lowest BCUT2D eigenvalue weighted by Crippen LogP contribution is -1.99. The van der Waals surface area contributed by atoms with E-state index in [1.807, 2.05) is 0 Å². The second-order valence-electron chi connectivity index (χ2n) is 11.8. The van der Waals surface area contributed by atoms with Crippen molar-refractivity contribution in [3.63, 3.8) is 0 Å². The Labute approximate surface area is 320 Å². The largest absolute Gasteiger partial charge is 0.506 e. The Morgan fingerprint density at radius 1 is 0.386 bits per heavy atom. The van der Waals surface area contributed by atoms with E-state index in [4.69, 9.17) is 0 Å². The Hall–Kier alpha value is -6.89. The topological polar surface area (TPSA) is 324 Å². The Morgan fingerprint density at radius 3 is 0.965 bits per heavy atom. The summed E-state index contributed by atoms with van der Waals surface area (Å²) >= 11 is 0. The number of nitrogens with zero attached hydrogens (tertiary/aromatic N) is 8. The van der Waals surface area contributed by atoms with Crippen LogP contribution < -0.4 is 0 Å². The van der Waals surface area contributed by atoms with Gasteiger partial charge in [-0.2, -0.15) is 35.2 Å². The number of hydrogen-bond donors (Lipinski definition) is 6. The molecular formula is C34H22N8O12S3. The van der Waals surface area contributed by atoms with E-state index in [1.54, 1.807) is 0 Å². The SMILES string of the molecule is O=S(=O)(O)c1cc(O)c(N=Nc2cc(N=Nc3c(O)cc(S(=O)(=O)O)c4ccccc34)nc(N=Nc3c(O)cc(S(=O)(=O)O)c4ccccc34)n2)c2ccccc12. The van der Waals surface area contributed by atoms with E-state index in [2.05, 4.69) is 40.7 Å². The Morgan fingerprint density at radius 2 is 0.667 bits per heavy atom. The minimum atomic E-state index is -4.78. The zero-order valence-electron chi connectivity index (χ0n) is 28.2. The van der Waals surface area contributed by atoms with E-state index < -0.39 is 68.2 Å². The number of phenols is 3.